The predicted octanol–water partition coefficient (Wildman–Crippen LogP) is 5.20. The van der Waals surface area contributed by atoms with Crippen LogP contribution < -0.4 is 11.2 Å². The highest BCUT2D eigenvalue weighted by Crippen LogP contribution is 2.30. The summed E-state index contributed by atoms with van der Waals surface area (Å²) >= 11 is 24.3. The fraction of sp³-hybridized carbons (Fsp3) is 0.409. The lowest BCUT2D eigenvalue weighted by Gasteiger charge is -2.13. The summed E-state index contributed by atoms with van der Waals surface area (Å²) in [5.41, 5.74) is 0.446. The minimum Gasteiger partial charge on any atom is -0.339 e. The predicted molar refractivity (Wildman–Crippen MR) is 133 cm³/mol. The zero-order chi connectivity index (χ0) is 24.4. The number of nitrogens with zero attached hydrogens (tertiary/aromatic N) is 5. The Labute approximate surface area is 215 Å². The van der Waals surface area contributed by atoms with Crippen LogP contribution in [0, 0.1) is 0 Å². The summed E-state index contributed by atoms with van der Waals surface area (Å²) in [6, 6.07) is 3.24. The number of halogens is 4. The molecule has 0 unspecified atom stereocenters. The smallest absolute Gasteiger partial charge is 0.332 e. The van der Waals surface area contributed by atoms with Crippen LogP contribution in [0.2, 0.25) is 15.1 Å². The van der Waals surface area contributed by atoms with Crippen molar-refractivity contribution in [2.24, 2.45) is 4.99 Å². The molecule has 34 heavy (non-hydrogen) atoms. The highest BCUT2D eigenvalue weighted by Gasteiger charge is 2.24. The topological polar surface area (TPSA) is 95.3 Å². The average molecular weight is 545 g/mol. The van der Waals surface area contributed by atoms with E-state index >= 15 is 0 Å². The molecule has 1 aliphatic heterocycles. The summed E-state index contributed by atoms with van der Waals surface area (Å²) in [6.07, 6.45) is 3.14. The van der Waals surface area contributed by atoms with Gasteiger partial charge in [-0.3, -0.25) is 13.9 Å². The minimum atomic E-state index is -0.382. The lowest BCUT2D eigenvalue weighted by Crippen LogP contribution is -2.41. The summed E-state index contributed by atoms with van der Waals surface area (Å²) in [4.78, 5) is 34.5. The summed E-state index contributed by atoms with van der Waals surface area (Å²) in [5.74, 6) is 1.23. The van der Waals surface area contributed by atoms with Gasteiger partial charge in [-0.05, 0) is 30.5 Å². The zero-order valence-electron chi connectivity index (χ0n) is 18.3. The lowest BCUT2D eigenvalue weighted by molar-refractivity contribution is 0.366. The van der Waals surface area contributed by atoms with E-state index in [1.807, 2.05) is 6.92 Å². The van der Waals surface area contributed by atoms with Crippen molar-refractivity contribution in [3.05, 3.63) is 70.9 Å². The Kier molecular flexibility index (Phi) is 7.82. The summed E-state index contributed by atoms with van der Waals surface area (Å²) in [6.45, 7) is 2.73. The summed E-state index contributed by atoms with van der Waals surface area (Å²) < 4.78 is 8.11. The number of aromatic nitrogens is 4. The maximum atomic E-state index is 13.0. The number of rotatable bonds is 9. The molecule has 0 saturated carbocycles. The Morgan fingerprint density at radius 1 is 1.00 bits per heavy atom. The molecule has 3 heterocycles. The number of benzene rings is 1. The first-order valence-corrected chi connectivity index (χ1v) is 12.3. The van der Waals surface area contributed by atoms with Crippen LogP contribution in [0.3, 0.4) is 0 Å². The van der Waals surface area contributed by atoms with Crippen molar-refractivity contribution in [3.63, 3.8) is 0 Å². The molecule has 0 spiro atoms. The number of fused-ring (bicyclic) bond motifs is 1. The molecule has 0 radical (unpaired) electrons. The van der Waals surface area contributed by atoms with Crippen molar-refractivity contribution in [2.45, 2.75) is 58.5 Å². The van der Waals surface area contributed by atoms with Gasteiger partial charge in [0, 0.05) is 37.4 Å². The lowest BCUT2D eigenvalue weighted by atomic mass is 10.1. The van der Waals surface area contributed by atoms with E-state index in [-0.39, 0.29) is 24.2 Å². The Morgan fingerprint density at radius 3 is 2.50 bits per heavy atom. The van der Waals surface area contributed by atoms with Gasteiger partial charge in [0.05, 0.1) is 15.6 Å². The molecule has 12 heteroatoms. The third-order valence-electron chi connectivity index (χ3n) is 5.50. The molecule has 0 bridgehead atoms. The molecule has 0 fully saturated rings. The molecular formula is C22H21Cl4N5O3. The van der Waals surface area contributed by atoms with Crippen LogP contribution in [0.15, 0.2) is 31.2 Å². The van der Waals surface area contributed by atoms with Crippen molar-refractivity contribution >= 4 is 57.4 Å². The first-order valence-electron chi connectivity index (χ1n) is 10.8. The van der Waals surface area contributed by atoms with Gasteiger partial charge in [0.15, 0.2) is 5.82 Å². The van der Waals surface area contributed by atoms with Crippen LogP contribution in [0.25, 0.3) is 0 Å². The zero-order valence-corrected chi connectivity index (χ0v) is 21.3. The van der Waals surface area contributed by atoms with Crippen molar-refractivity contribution < 1.29 is 4.52 Å². The van der Waals surface area contributed by atoms with Crippen molar-refractivity contribution in [1.82, 2.24) is 19.3 Å². The highest BCUT2D eigenvalue weighted by atomic mass is 35.5. The first-order chi connectivity index (χ1) is 16.3. The molecule has 1 aliphatic rings. The Morgan fingerprint density at radius 2 is 1.74 bits per heavy atom. The van der Waals surface area contributed by atoms with E-state index < -0.39 is 0 Å². The molecule has 0 saturated heterocycles. The standard InChI is InChI=1S/C22H21Cl4N5O3/c1-2-3-6-30-20-13(10-17(26)27-20)21(32)31(22(30)33)7-4-5-19-28-18(29-34-19)9-12-8-15(24)16(25)11-14(12)23/h8,11H,2-7,9-10H2,1H3. The van der Waals surface area contributed by atoms with E-state index in [0.717, 1.165) is 18.4 Å². The van der Waals surface area contributed by atoms with Gasteiger partial charge in [-0.2, -0.15) is 4.98 Å². The van der Waals surface area contributed by atoms with Crippen LogP contribution in [-0.4, -0.2) is 24.4 Å². The molecule has 0 N–H and O–H groups in total. The Hall–Kier alpha value is -2.13. The van der Waals surface area contributed by atoms with Crippen LogP contribution in [-0.2, 0) is 32.4 Å². The monoisotopic (exact) mass is 543 g/mol. The SMILES string of the molecule is CCCCn1c2c(c(=O)n(CCCc3nc(Cc4cc(Cl)c(Cl)cc4Cl)no3)c1=O)CC(Cl)=N2. The van der Waals surface area contributed by atoms with Crippen LogP contribution in [0.5, 0.6) is 0 Å². The third-order valence-corrected chi connectivity index (χ3v) is 6.79. The highest BCUT2D eigenvalue weighted by molar-refractivity contribution is 6.66. The minimum absolute atomic E-state index is 0.213. The molecule has 4 rings (SSSR count). The van der Waals surface area contributed by atoms with Crippen molar-refractivity contribution in [2.75, 3.05) is 0 Å². The second-order valence-corrected chi connectivity index (χ2v) is 9.61. The molecule has 0 atom stereocenters. The normalized spacial score (nSPS) is 12.8. The number of unbranched alkanes of at least 4 members (excludes halogenated alkanes) is 1. The Balaban J connectivity index is 1.46. The number of aliphatic imine (C=N–C) groups is 1. The van der Waals surface area contributed by atoms with Crippen molar-refractivity contribution in [3.8, 4) is 0 Å². The molecule has 180 valence electrons. The fourth-order valence-corrected chi connectivity index (χ4v) is 4.61. The molecule has 0 amide bonds. The van der Waals surface area contributed by atoms with Gasteiger partial charge in [0.2, 0.25) is 5.89 Å². The Bertz CT molecular complexity index is 1380. The van der Waals surface area contributed by atoms with Gasteiger partial charge in [0.1, 0.15) is 11.0 Å². The van der Waals surface area contributed by atoms with Crippen LogP contribution >= 0.6 is 46.4 Å². The van der Waals surface area contributed by atoms with Crippen molar-refractivity contribution in [1.29, 1.82) is 0 Å². The van der Waals surface area contributed by atoms with Gasteiger partial charge in [0.25, 0.3) is 5.56 Å². The molecule has 1 aromatic carbocycles. The number of aryl methyl sites for hydroxylation is 1. The maximum Gasteiger partial charge on any atom is 0.332 e. The second-order valence-electron chi connectivity index (χ2n) is 7.95. The molecule has 2 aromatic heterocycles. The molecular weight excluding hydrogens is 524 g/mol. The van der Waals surface area contributed by atoms with E-state index in [4.69, 9.17) is 50.9 Å². The van der Waals surface area contributed by atoms with E-state index in [2.05, 4.69) is 15.1 Å². The fourth-order valence-electron chi connectivity index (χ4n) is 3.76. The van der Waals surface area contributed by atoms with Gasteiger partial charge in [-0.1, -0.05) is 64.9 Å². The van der Waals surface area contributed by atoms with Gasteiger partial charge < -0.3 is 4.52 Å². The largest absolute Gasteiger partial charge is 0.339 e. The molecule has 3 aromatic rings. The van der Waals surface area contributed by atoms with Crippen LogP contribution in [0.1, 0.15) is 49.0 Å². The van der Waals surface area contributed by atoms with Gasteiger partial charge in [-0.25, -0.2) is 9.79 Å². The number of hydrogen-bond acceptors (Lipinski definition) is 6. The number of hydrogen-bond donors (Lipinski definition) is 0. The van der Waals surface area contributed by atoms with E-state index in [1.54, 1.807) is 16.7 Å². The van der Waals surface area contributed by atoms with Gasteiger partial charge in [-0.15, -0.1) is 0 Å². The molecule has 0 aliphatic carbocycles. The quantitative estimate of drug-likeness (QED) is 0.345. The summed E-state index contributed by atoms with van der Waals surface area (Å²) in [7, 11) is 0. The van der Waals surface area contributed by atoms with E-state index in [1.165, 1.54) is 4.57 Å². The van der Waals surface area contributed by atoms with Gasteiger partial charge >= 0.3 is 5.69 Å². The third kappa shape index (κ3) is 5.25. The summed E-state index contributed by atoms with van der Waals surface area (Å²) in [5, 5.41) is 5.52. The van der Waals surface area contributed by atoms with E-state index in [0.29, 0.717) is 69.1 Å². The van der Waals surface area contributed by atoms with Crippen LogP contribution in [0.4, 0.5) is 5.82 Å². The van der Waals surface area contributed by atoms with E-state index in [9.17, 15) is 9.59 Å². The maximum absolute atomic E-state index is 13.0. The first kappa shape index (κ1) is 25.0. The molecule has 8 nitrogen and oxygen atoms in total. The average Bonchev–Trinajstić information content (AvgIpc) is 3.40. The second kappa shape index (κ2) is 10.6.